The molecule has 1 aromatic heterocycles. The Morgan fingerprint density at radius 1 is 1.16 bits per heavy atom. The minimum atomic E-state index is -0.179. The van der Waals surface area contributed by atoms with E-state index >= 15 is 0 Å². The normalized spacial score (nSPS) is 23.5. The van der Waals surface area contributed by atoms with E-state index in [1.54, 1.807) is 0 Å². The van der Waals surface area contributed by atoms with Gasteiger partial charge in [0.15, 0.2) is 0 Å². The van der Waals surface area contributed by atoms with Crippen LogP contribution in [0.4, 0.5) is 0 Å². The molecule has 2 aromatic rings. The largest absolute Gasteiger partial charge is 0.393 e. The lowest BCUT2D eigenvalue weighted by molar-refractivity contribution is 0.116. The van der Waals surface area contributed by atoms with E-state index in [4.69, 9.17) is 16.1 Å². The molecule has 1 aromatic carbocycles. The van der Waals surface area contributed by atoms with Crippen LogP contribution in [0.1, 0.15) is 37.5 Å². The summed E-state index contributed by atoms with van der Waals surface area (Å²) >= 11 is 6.12. The number of hydrogen-bond donors (Lipinski definition) is 1. The number of aromatic nitrogens is 2. The molecule has 1 aliphatic carbocycles. The van der Waals surface area contributed by atoms with Crippen LogP contribution in [0.15, 0.2) is 28.8 Å². The molecule has 100 valence electrons. The number of benzene rings is 1. The molecule has 0 spiro atoms. The van der Waals surface area contributed by atoms with Crippen molar-refractivity contribution in [1.29, 1.82) is 0 Å². The molecule has 0 radical (unpaired) electrons. The van der Waals surface area contributed by atoms with Gasteiger partial charge in [0.1, 0.15) is 0 Å². The first kappa shape index (κ1) is 12.6. The molecule has 0 aliphatic heterocycles. The first-order chi connectivity index (χ1) is 9.24. The molecule has 1 N–H and O–H groups in total. The van der Waals surface area contributed by atoms with Gasteiger partial charge in [-0.2, -0.15) is 4.98 Å². The fraction of sp³-hybridized carbons (Fsp3) is 0.429. The Balaban J connectivity index is 1.82. The van der Waals surface area contributed by atoms with Gasteiger partial charge >= 0.3 is 0 Å². The summed E-state index contributed by atoms with van der Waals surface area (Å²) < 4.78 is 5.35. The highest BCUT2D eigenvalue weighted by molar-refractivity contribution is 6.33. The standard InChI is InChI=1S/C14H15ClN2O2/c15-12-4-2-1-3-11(12)13-16-14(19-17-13)9-5-7-10(18)8-6-9/h1-4,9-10,18H,5-8H2. The number of aliphatic hydroxyl groups excluding tert-OH is 1. The van der Waals surface area contributed by atoms with Gasteiger partial charge in [0.25, 0.3) is 0 Å². The van der Waals surface area contributed by atoms with Crippen LogP contribution in [-0.2, 0) is 0 Å². The topological polar surface area (TPSA) is 59.2 Å². The first-order valence-corrected chi connectivity index (χ1v) is 6.88. The highest BCUT2D eigenvalue weighted by Gasteiger charge is 2.25. The monoisotopic (exact) mass is 278 g/mol. The smallest absolute Gasteiger partial charge is 0.230 e. The zero-order valence-corrected chi connectivity index (χ0v) is 11.2. The lowest BCUT2D eigenvalue weighted by atomic mass is 9.87. The molecule has 1 aliphatic rings. The molecular formula is C14H15ClN2O2. The van der Waals surface area contributed by atoms with Crippen molar-refractivity contribution in [3.05, 3.63) is 35.2 Å². The van der Waals surface area contributed by atoms with E-state index in [0.717, 1.165) is 31.2 Å². The zero-order chi connectivity index (χ0) is 13.2. The third kappa shape index (κ3) is 2.65. The van der Waals surface area contributed by atoms with E-state index in [0.29, 0.717) is 16.7 Å². The van der Waals surface area contributed by atoms with Crippen LogP contribution in [0.2, 0.25) is 5.02 Å². The Bertz CT molecular complexity index is 562. The van der Waals surface area contributed by atoms with Gasteiger partial charge in [-0.1, -0.05) is 28.9 Å². The molecule has 1 saturated carbocycles. The zero-order valence-electron chi connectivity index (χ0n) is 10.4. The van der Waals surface area contributed by atoms with Crippen molar-refractivity contribution in [3.8, 4) is 11.4 Å². The maximum atomic E-state index is 9.51. The van der Waals surface area contributed by atoms with E-state index in [-0.39, 0.29) is 12.0 Å². The summed E-state index contributed by atoms with van der Waals surface area (Å²) in [6.07, 6.45) is 3.21. The van der Waals surface area contributed by atoms with Crippen molar-refractivity contribution in [2.75, 3.05) is 0 Å². The van der Waals surface area contributed by atoms with Crippen molar-refractivity contribution < 1.29 is 9.63 Å². The summed E-state index contributed by atoms with van der Waals surface area (Å²) in [6.45, 7) is 0. The van der Waals surface area contributed by atoms with Gasteiger partial charge in [0, 0.05) is 11.5 Å². The molecule has 1 heterocycles. The number of aliphatic hydroxyl groups is 1. The molecule has 1 fully saturated rings. The number of halogens is 1. The van der Waals surface area contributed by atoms with Gasteiger partial charge in [0.2, 0.25) is 11.7 Å². The van der Waals surface area contributed by atoms with Crippen molar-refractivity contribution >= 4 is 11.6 Å². The van der Waals surface area contributed by atoms with Gasteiger partial charge < -0.3 is 9.63 Å². The first-order valence-electron chi connectivity index (χ1n) is 6.50. The maximum Gasteiger partial charge on any atom is 0.230 e. The second kappa shape index (κ2) is 5.31. The predicted octanol–water partition coefficient (Wildman–Crippen LogP) is 3.41. The van der Waals surface area contributed by atoms with E-state index in [9.17, 15) is 5.11 Å². The lowest BCUT2D eigenvalue weighted by Gasteiger charge is -2.22. The van der Waals surface area contributed by atoms with Crippen molar-refractivity contribution in [1.82, 2.24) is 10.1 Å². The van der Waals surface area contributed by atoms with Crippen LogP contribution in [0.3, 0.4) is 0 Å². The van der Waals surface area contributed by atoms with E-state index < -0.39 is 0 Å². The fourth-order valence-corrected chi connectivity index (χ4v) is 2.70. The van der Waals surface area contributed by atoms with E-state index in [1.165, 1.54) is 0 Å². The summed E-state index contributed by atoms with van der Waals surface area (Å²) in [7, 11) is 0. The quantitative estimate of drug-likeness (QED) is 0.914. The average Bonchev–Trinajstić information content (AvgIpc) is 2.89. The number of nitrogens with zero attached hydrogens (tertiary/aromatic N) is 2. The van der Waals surface area contributed by atoms with Crippen LogP contribution in [0, 0.1) is 0 Å². The molecule has 0 unspecified atom stereocenters. The van der Waals surface area contributed by atoms with Crippen molar-refractivity contribution in [3.63, 3.8) is 0 Å². The minimum Gasteiger partial charge on any atom is -0.393 e. The van der Waals surface area contributed by atoms with Crippen LogP contribution in [0.5, 0.6) is 0 Å². The second-order valence-corrected chi connectivity index (χ2v) is 5.35. The number of hydrogen-bond acceptors (Lipinski definition) is 4. The molecule has 3 rings (SSSR count). The predicted molar refractivity (Wildman–Crippen MR) is 72.0 cm³/mol. The third-order valence-electron chi connectivity index (χ3n) is 3.60. The molecule has 19 heavy (non-hydrogen) atoms. The van der Waals surface area contributed by atoms with Crippen LogP contribution in [-0.4, -0.2) is 21.4 Å². The Morgan fingerprint density at radius 2 is 1.89 bits per heavy atom. The second-order valence-electron chi connectivity index (χ2n) is 4.94. The molecule has 0 atom stereocenters. The molecule has 0 amide bonds. The Labute approximate surface area is 116 Å². The highest BCUT2D eigenvalue weighted by atomic mass is 35.5. The van der Waals surface area contributed by atoms with Crippen LogP contribution >= 0.6 is 11.6 Å². The van der Waals surface area contributed by atoms with Gasteiger partial charge in [-0.3, -0.25) is 0 Å². The summed E-state index contributed by atoms with van der Waals surface area (Å²) in [5.41, 5.74) is 0.787. The van der Waals surface area contributed by atoms with Gasteiger partial charge in [-0.15, -0.1) is 0 Å². The summed E-state index contributed by atoms with van der Waals surface area (Å²) in [5.74, 6) is 1.45. The highest BCUT2D eigenvalue weighted by Crippen LogP contribution is 2.33. The Kier molecular flexibility index (Phi) is 3.53. The lowest BCUT2D eigenvalue weighted by Crippen LogP contribution is -2.17. The molecule has 5 heteroatoms. The molecule has 4 nitrogen and oxygen atoms in total. The molecule has 0 bridgehead atoms. The van der Waals surface area contributed by atoms with Gasteiger partial charge in [-0.05, 0) is 37.8 Å². The average molecular weight is 279 g/mol. The van der Waals surface area contributed by atoms with E-state index in [2.05, 4.69) is 10.1 Å². The molecule has 0 saturated heterocycles. The Hall–Kier alpha value is -1.39. The van der Waals surface area contributed by atoms with Crippen LogP contribution < -0.4 is 0 Å². The van der Waals surface area contributed by atoms with Crippen LogP contribution in [0.25, 0.3) is 11.4 Å². The number of rotatable bonds is 2. The van der Waals surface area contributed by atoms with Crippen molar-refractivity contribution in [2.24, 2.45) is 0 Å². The summed E-state index contributed by atoms with van der Waals surface area (Å²) in [5, 5.41) is 14.1. The Morgan fingerprint density at radius 3 is 2.63 bits per heavy atom. The third-order valence-corrected chi connectivity index (χ3v) is 3.93. The SMILES string of the molecule is OC1CCC(c2nc(-c3ccccc3Cl)no2)CC1. The van der Waals surface area contributed by atoms with Crippen molar-refractivity contribution in [2.45, 2.75) is 37.7 Å². The van der Waals surface area contributed by atoms with Gasteiger partial charge in [0.05, 0.1) is 11.1 Å². The summed E-state index contributed by atoms with van der Waals surface area (Å²) in [4.78, 5) is 4.45. The van der Waals surface area contributed by atoms with Gasteiger partial charge in [-0.25, -0.2) is 0 Å². The maximum absolute atomic E-state index is 9.51. The summed E-state index contributed by atoms with van der Waals surface area (Å²) in [6, 6.07) is 7.45. The van der Waals surface area contributed by atoms with E-state index in [1.807, 2.05) is 24.3 Å². The molecular weight excluding hydrogens is 264 g/mol. The minimum absolute atomic E-state index is 0.179. The fourth-order valence-electron chi connectivity index (χ4n) is 2.48.